The fraction of sp³-hybridized carbons (Fsp3) is 0.571. The van der Waals surface area contributed by atoms with E-state index >= 15 is 0 Å². The molecule has 1 aliphatic carbocycles. The Hall–Kier alpha value is -0.790. The number of nitrogens with two attached hydrogens (primary N) is 1. The number of hydrogen-bond acceptors (Lipinski definition) is 4. The summed E-state index contributed by atoms with van der Waals surface area (Å²) < 4.78 is 33.1. The smallest absolute Gasteiger partial charge is 0.246 e. The van der Waals surface area contributed by atoms with E-state index in [1.807, 2.05) is 6.92 Å². The summed E-state index contributed by atoms with van der Waals surface area (Å²) in [5, 5.41) is 0. The molecule has 0 atom stereocenters. The number of nitrogen functional groups attached to an aromatic ring is 1. The Morgan fingerprint density at radius 2 is 2.10 bits per heavy atom. The molecule has 21 heavy (non-hydrogen) atoms. The zero-order valence-corrected chi connectivity index (χ0v) is 14.7. The Balaban J connectivity index is 2.38. The molecule has 0 aromatic heterocycles. The second-order valence-corrected chi connectivity index (χ2v) is 8.04. The molecule has 118 valence electrons. The molecule has 0 heterocycles. The molecule has 0 saturated heterocycles. The average Bonchev–Trinajstić information content (AvgIpc) is 2.39. The van der Waals surface area contributed by atoms with E-state index in [-0.39, 0.29) is 4.90 Å². The van der Waals surface area contributed by atoms with Crippen molar-refractivity contribution in [1.82, 2.24) is 4.31 Å². The minimum atomic E-state index is -3.60. The molecule has 1 aromatic carbocycles. The van der Waals surface area contributed by atoms with Gasteiger partial charge in [0.05, 0.1) is 7.11 Å². The number of anilines is 1. The van der Waals surface area contributed by atoms with Gasteiger partial charge in [-0.3, -0.25) is 0 Å². The Morgan fingerprint density at radius 3 is 2.57 bits per heavy atom. The fourth-order valence-corrected chi connectivity index (χ4v) is 4.43. The van der Waals surface area contributed by atoms with Crippen molar-refractivity contribution >= 4 is 31.6 Å². The second-order valence-electron chi connectivity index (χ2n) is 5.28. The number of sulfonamides is 1. The third kappa shape index (κ3) is 3.35. The van der Waals surface area contributed by atoms with Crippen LogP contribution in [0.25, 0.3) is 0 Å². The van der Waals surface area contributed by atoms with Crippen LogP contribution in [-0.4, -0.2) is 32.9 Å². The molecule has 1 aromatic rings. The van der Waals surface area contributed by atoms with Crippen LogP contribution in [0.5, 0.6) is 5.75 Å². The van der Waals surface area contributed by atoms with Crippen LogP contribution in [0.1, 0.15) is 26.2 Å². The fourth-order valence-electron chi connectivity index (χ4n) is 2.41. The van der Waals surface area contributed by atoms with Crippen LogP contribution in [0.2, 0.25) is 0 Å². The minimum Gasteiger partial charge on any atom is -0.495 e. The van der Waals surface area contributed by atoms with E-state index in [1.165, 1.54) is 23.9 Å². The predicted octanol–water partition coefficient (Wildman–Crippen LogP) is 2.85. The monoisotopic (exact) mass is 376 g/mol. The lowest BCUT2D eigenvalue weighted by Gasteiger charge is -2.31. The highest BCUT2D eigenvalue weighted by Gasteiger charge is 2.31. The van der Waals surface area contributed by atoms with Crippen LogP contribution >= 0.6 is 15.9 Å². The maximum absolute atomic E-state index is 12.9. The van der Waals surface area contributed by atoms with Crippen molar-refractivity contribution in [2.75, 3.05) is 25.9 Å². The Morgan fingerprint density at radius 1 is 1.43 bits per heavy atom. The van der Waals surface area contributed by atoms with Crippen molar-refractivity contribution < 1.29 is 13.2 Å². The summed E-state index contributed by atoms with van der Waals surface area (Å²) in [4.78, 5) is 0.131. The quantitative estimate of drug-likeness (QED) is 0.774. The van der Waals surface area contributed by atoms with Crippen LogP contribution < -0.4 is 10.5 Å². The molecule has 0 spiro atoms. The molecule has 2 N–H and O–H groups in total. The van der Waals surface area contributed by atoms with Gasteiger partial charge in [0.15, 0.2) is 0 Å². The lowest BCUT2D eigenvalue weighted by atomic mass is 9.85. The highest BCUT2D eigenvalue weighted by molar-refractivity contribution is 9.10. The molecule has 2 rings (SSSR count). The summed E-state index contributed by atoms with van der Waals surface area (Å²) in [6.45, 7) is 2.86. The molecule has 1 aliphatic rings. The summed E-state index contributed by atoms with van der Waals surface area (Å²) in [5.41, 5.74) is 6.22. The van der Waals surface area contributed by atoms with Gasteiger partial charge in [-0.05, 0) is 46.8 Å². The third-order valence-electron chi connectivity index (χ3n) is 3.94. The van der Waals surface area contributed by atoms with E-state index in [1.54, 1.807) is 6.07 Å². The maximum atomic E-state index is 12.9. The Kier molecular flexibility index (Phi) is 5.16. The van der Waals surface area contributed by atoms with Gasteiger partial charge in [0.2, 0.25) is 10.0 Å². The first-order valence-corrected chi connectivity index (χ1v) is 9.26. The highest BCUT2D eigenvalue weighted by Crippen LogP contribution is 2.35. The number of benzene rings is 1. The second kappa shape index (κ2) is 6.54. The maximum Gasteiger partial charge on any atom is 0.246 e. The van der Waals surface area contributed by atoms with Crippen molar-refractivity contribution in [1.29, 1.82) is 0 Å². The molecular formula is C14H21BrN2O3S. The van der Waals surface area contributed by atoms with Crippen molar-refractivity contribution in [3.05, 3.63) is 16.6 Å². The topological polar surface area (TPSA) is 72.6 Å². The normalized spacial score (nSPS) is 16.0. The van der Waals surface area contributed by atoms with Crippen molar-refractivity contribution in [2.24, 2.45) is 5.92 Å². The van der Waals surface area contributed by atoms with Crippen LogP contribution in [0.3, 0.4) is 0 Å². The van der Waals surface area contributed by atoms with Gasteiger partial charge in [-0.25, -0.2) is 8.42 Å². The van der Waals surface area contributed by atoms with Gasteiger partial charge in [0.1, 0.15) is 10.6 Å². The van der Waals surface area contributed by atoms with Crippen LogP contribution in [0, 0.1) is 5.92 Å². The van der Waals surface area contributed by atoms with Gasteiger partial charge in [-0.2, -0.15) is 4.31 Å². The van der Waals surface area contributed by atoms with Gasteiger partial charge in [-0.15, -0.1) is 0 Å². The van der Waals surface area contributed by atoms with E-state index in [0.29, 0.717) is 34.9 Å². The minimum absolute atomic E-state index is 0.131. The van der Waals surface area contributed by atoms with E-state index in [2.05, 4.69) is 15.9 Å². The van der Waals surface area contributed by atoms with Gasteiger partial charge in [0.25, 0.3) is 0 Å². The lowest BCUT2D eigenvalue weighted by Crippen LogP contribution is -2.37. The van der Waals surface area contributed by atoms with E-state index in [9.17, 15) is 8.42 Å². The molecule has 0 bridgehead atoms. The van der Waals surface area contributed by atoms with E-state index in [4.69, 9.17) is 10.5 Å². The molecule has 1 saturated carbocycles. The summed E-state index contributed by atoms with van der Waals surface area (Å²) in [5.74, 6) is 0.779. The third-order valence-corrected chi connectivity index (χ3v) is 6.59. The van der Waals surface area contributed by atoms with Gasteiger partial charge in [0, 0.05) is 23.2 Å². The Labute approximate surface area is 134 Å². The molecule has 0 aliphatic heterocycles. The number of rotatable bonds is 6. The molecule has 5 nitrogen and oxygen atoms in total. The number of ether oxygens (including phenoxy) is 1. The molecule has 0 unspecified atom stereocenters. The van der Waals surface area contributed by atoms with E-state index < -0.39 is 10.0 Å². The number of hydrogen-bond donors (Lipinski definition) is 1. The molecular weight excluding hydrogens is 356 g/mol. The molecule has 1 fully saturated rings. The zero-order chi connectivity index (χ0) is 15.6. The lowest BCUT2D eigenvalue weighted by molar-refractivity contribution is 0.249. The van der Waals surface area contributed by atoms with Crippen LogP contribution in [0.4, 0.5) is 5.69 Å². The SMILES string of the molecule is CCN(CC1CCC1)S(=O)(=O)c1cc(N)c(Br)cc1OC. The number of nitrogens with zero attached hydrogens (tertiary/aromatic N) is 1. The molecule has 7 heteroatoms. The predicted molar refractivity (Wildman–Crippen MR) is 86.9 cm³/mol. The summed E-state index contributed by atoms with van der Waals surface area (Å²) >= 11 is 3.29. The summed E-state index contributed by atoms with van der Waals surface area (Å²) in [6.07, 6.45) is 3.40. The largest absolute Gasteiger partial charge is 0.495 e. The standard InChI is InChI=1S/C14H21BrN2O3S/c1-3-17(9-10-5-4-6-10)21(18,19)14-8-12(16)11(15)7-13(14)20-2/h7-8,10H,3-6,9,16H2,1-2H3. The highest BCUT2D eigenvalue weighted by atomic mass is 79.9. The van der Waals surface area contributed by atoms with E-state index in [0.717, 1.165) is 12.8 Å². The van der Waals surface area contributed by atoms with Crippen LogP contribution in [-0.2, 0) is 10.0 Å². The zero-order valence-electron chi connectivity index (χ0n) is 12.3. The van der Waals surface area contributed by atoms with Gasteiger partial charge in [-0.1, -0.05) is 13.3 Å². The summed E-state index contributed by atoms with van der Waals surface area (Å²) in [7, 11) is -2.14. The van der Waals surface area contributed by atoms with Gasteiger partial charge >= 0.3 is 0 Å². The Bertz CT molecular complexity index is 615. The van der Waals surface area contributed by atoms with Crippen LogP contribution in [0.15, 0.2) is 21.5 Å². The summed E-state index contributed by atoms with van der Waals surface area (Å²) in [6, 6.07) is 3.06. The average molecular weight is 377 g/mol. The van der Waals surface area contributed by atoms with Crippen molar-refractivity contribution in [3.8, 4) is 5.75 Å². The van der Waals surface area contributed by atoms with Gasteiger partial charge < -0.3 is 10.5 Å². The first-order chi connectivity index (χ1) is 9.90. The number of halogens is 1. The number of methoxy groups -OCH3 is 1. The first kappa shape index (κ1) is 16.6. The van der Waals surface area contributed by atoms with Crippen molar-refractivity contribution in [2.45, 2.75) is 31.1 Å². The van der Waals surface area contributed by atoms with Crippen molar-refractivity contribution in [3.63, 3.8) is 0 Å². The molecule has 0 radical (unpaired) electrons. The first-order valence-electron chi connectivity index (χ1n) is 7.03. The molecule has 0 amide bonds.